The number of nitrogens with one attached hydrogen (secondary N) is 1. The molecule has 0 heterocycles. The molecule has 1 saturated carbocycles. The summed E-state index contributed by atoms with van der Waals surface area (Å²) in [6.07, 6.45) is 6.04. The first kappa shape index (κ1) is 14.0. The summed E-state index contributed by atoms with van der Waals surface area (Å²) in [6.45, 7) is 2.30. The molecule has 0 radical (unpaired) electrons. The fraction of sp³-hybridized carbons (Fsp3) is 0.600. The lowest BCUT2D eigenvalue weighted by Crippen LogP contribution is -2.19. The van der Waals surface area contributed by atoms with Crippen molar-refractivity contribution in [3.63, 3.8) is 0 Å². The first-order valence-electron chi connectivity index (χ1n) is 6.99. The van der Waals surface area contributed by atoms with Crippen molar-refractivity contribution < 1.29 is 9.13 Å². The molecule has 2 atom stereocenters. The third-order valence-electron chi connectivity index (χ3n) is 3.94. The Morgan fingerprint density at radius 2 is 2.05 bits per heavy atom. The molecule has 1 aliphatic carbocycles. The Balaban J connectivity index is 2.09. The zero-order chi connectivity index (χ0) is 13.8. The lowest BCUT2D eigenvalue weighted by Gasteiger charge is -2.20. The molecule has 0 spiro atoms. The summed E-state index contributed by atoms with van der Waals surface area (Å²) in [5.41, 5.74) is 7.09. The smallest absolute Gasteiger partial charge is 0.167 e. The first-order valence-corrected chi connectivity index (χ1v) is 6.99. The molecule has 1 fully saturated rings. The Labute approximate surface area is 114 Å². The molecule has 1 aliphatic rings. The van der Waals surface area contributed by atoms with E-state index in [0.29, 0.717) is 11.7 Å². The molecule has 0 bridgehead atoms. The third kappa shape index (κ3) is 3.52. The summed E-state index contributed by atoms with van der Waals surface area (Å²) in [6, 6.07) is 3.39. The number of ether oxygens (including phenoxy) is 1. The Bertz CT molecular complexity index is 436. The molecule has 2 rings (SSSR count). The number of hydrogen-bond donors (Lipinski definition) is 2. The van der Waals surface area contributed by atoms with Gasteiger partial charge >= 0.3 is 0 Å². The van der Waals surface area contributed by atoms with Crippen LogP contribution < -0.4 is 15.8 Å². The Kier molecular flexibility index (Phi) is 4.51. The van der Waals surface area contributed by atoms with Gasteiger partial charge in [0.25, 0.3) is 0 Å². The third-order valence-corrected chi connectivity index (χ3v) is 3.94. The van der Waals surface area contributed by atoms with Gasteiger partial charge in [0.05, 0.1) is 18.5 Å². The number of nitrogens with two attached hydrogens (primary N) is 1. The quantitative estimate of drug-likeness (QED) is 0.646. The van der Waals surface area contributed by atoms with Crippen molar-refractivity contribution in [1.29, 1.82) is 0 Å². The van der Waals surface area contributed by atoms with Crippen molar-refractivity contribution in [1.82, 2.24) is 0 Å². The molecular weight excluding hydrogens is 243 g/mol. The van der Waals surface area contributed by atoms with E-state index in [9.17, 15) is 4.39 Å². The standard InChI is InChI=1S/C15H23FN2O/c1-10-4-3-5-11(7-6-10)18-14-9-15(19-2)12(16)8-13(14)17/h8-11,18H,3-7,17H2,1-2H3. The Hall–Kier alpha value is -1.45. The van der Waals surface area contributed by atoms with Crippen LogP contribution in [0.5, 0.6) is 5.75 Å². The van der Waals surface area contributed by atoms with Gasteiger partial charge in [0.15, 0.2) is 11.6 Å². The van der Waals surface area contributed by atoms with E-state index in [2.05, 4.69) is 12.2 Å². The van der Waals surface area contributed by atoms with Crippen molar-refractivity contribution in [3.05, 3.63) is 17.9 Å². The second kappa shape index (κ2) is 6.13. The predicted octanol–water partition coefficient (Wildman–Crippen LogP) is 3.80. The molecule has 1 aromatic carbocycles. The van der Waals surface area contributed by atoms with Gasteiger partial charge in [0.2, 0.25) is 0 Å². The highest BCUT2D eigenvalue weighted by Gasteiger charge is 2.17. The predicted molar refractivity (Wildman–Crippen MR) is 77.0 cm³/mol. The maximum Gasteiger partial charge on any atom is 0.167 e. The number of methoxy groups -OCH3 is 1. The first-order chi connectivity index (χ1) is 9.10. The Morgan fingerprint density at radius 1 is 1.26 bits per heavy atom. The SMILES string of the molecule is COc1cc(NC2CCCC(C)CC2)c(N)cc1F. The number of anilines is 2. The van der Waals surface area contributed by atoms with E-state index in [1.165, 1.54) is 32.4 Å². The number of rotatable bonds is 3. The molecule has 0 saturated heterocycles. The van der Waals surface area contributed by atoms with Crippen LogP contribution in [0.4, 0.5) is 15.8 Å². The monoisotopic (exact) mass is 266 g/mol. The van der Waals surface area contributed by atoms with Gasteiger partial charge in [-0.3, -0.25) is 0 Å². The van der Waals surface area contributed by atoms with E-state index in [0.717, 1.165) is 24.4 Å². The second-order valence-corrected chi connectivity index (χ2v) is 5.53. The van der Waals surface area contributed by atoms with Gasteiger partial charge in [-0.15, -0.1) is 0 Å². The van der Waals surface area contributed by atoms with E-state index in [-0.39, 0.29) is 5.75 Å². The van der Waals surface area contributed by atoms with E-state index in [1.807, 2.05) is 0 Å². The fourth-order valence-electron chi connectivity index (χ4n) is 2.70. The van der Waals surface area contributed by atoms with Crippen LogP contribution in [0.3, 0.4) is 0 Å². The van der Waals surface area contributed by atoms with E-state index in [1.54, 1.807) is 6.07 Å². The van der Waals surface area contributed by atoms with Crippen LogP contribution in [0.25, 0.3) is 0 Å². The second-order valence-electron chi connectivity index (χ2n) is 5.53. The molecule has 0 aliphatic heterocycles. The average Bonchev–Trinajstić information content (AvgIpc) is 2.58. The van der Waals surface area contributed by atoms with Gasteiger partial charge < -0.3 is 15.8 Å². The van der Waals surface area contributed by atoms with Crippen LogP contribution in [-0.2, 0) is 0 Å². The van der Waals surface area contributed by atoms with Gasteiger partial charge in [-0.25, -0.2) is 4.39 Å². The van der Waals surface area contributed by atoms with Crippen LogP contribution >= 0.6 is 0 Å². The summed E-state index contributed by atoms with van der Waals surface area (Å²) in [5.74, 6) is 0.616. The van der Waals surface area contributed by atoms with Gasteiger partial charge in [0, 0.05) is 18.2 Å². The van der Waals surface area contributed by atoms with Crippen LogP contribution in [0.1, 0.15) is 39.0 Å². The highest BCUT2D eigenvalue weighted by Crippen LogP contribution is 2.31. The zero-order valence-electron chi connectivity index (χ0n) is 11.7. The van der Waals surface area contributed by atoms with E-state index < -0.39 is 5.82 Å². The molecule has 2 unspecified atom stereocenters. The van der Waals surface area contributed by atoms with Gasteiger partial charge in [0.1, 0.15) is 0 Å². The summed E-state index contributed by atoms with van der Waals surface area (Å²) in [7, 11) is 1.46. The van der Waals surface area contributed by atoms with Gasteiger partial charge in [-0.05, 0) is 25.2 Å². The van der Waals surface area contributed by atoms with Crippen molar-refractivity contribution >= 4 is 11.4 Å². The van der Waals surface area contributed by atoms with Crippen molar-refractivity contribution in [2.75, 3.05) is 18.2 Å². The minimum absolute atomic E-state index is 0.235. The highest BCUT2D eigenvalue weighted by atomic mass is 19.1. The molecule has 4 heteroatoms. The van der Waals surface area contributed by atoms with Crippen molar-refractivity contribution in [3.8, 4) is 5.75 Å². The number of halogens is 1. The van der Waals surface area contributed by atoms with E-state index in [4.69, 9.17) is 10.5 Å². The molecule has 3 N–H and O–H groups in total. The molecular formula is C15H23FN2O. The molecule has 106 valence electrons. The van der Waals surface area contributed by atoms with Crippen LogP contribution in [0.15, 0.2) is 12.1 Å². The summed E-state index contributed by atoms with van der Waals surface area (Å²) in [4.78, 5) is 0. The molecule has 0 aromatic heterocycles. The normalized spacial score (nSPS) is 23.7. The fourth-order valence-corrected chi connectivity index (χ4v) is 2.70. The molecule has 1 aromatic rings. The summed E-state index contributed by atoms with van der Waals surface area (Å²) < 4.78 is 18.5. The average molecular weight is 266 g/mol. The minimum Gasteiger partial charge on any atom is -0.494 e. The molecule has 3 nitrogen and oxygen atoms in total. The van der Waals surface area contributed by atoms with Crippen molar-refractivity contribution in [2.45, 2.75) is 45.1 Å². The van der Waals surface area contributed by atoms with Crippen molar-refractivity contribution in [2.24, 2.45) is 5.92 Å². The van der Waals surface area contributed by atoms with Gasteiger partial charge in [-0.1, -0.05) is 19.8 Å². The molecule has 19 heavy (non-hydrogen) atoms. The van der Waals surface area contributed by atoms with Gasteiger partial charge in [-0.2, -0.15) is 0 Å². The van der Waals surface area contributed by atoms with E-state index >= 15 is 0 Å². The number of hydrogen-bond acceptors (Lipinski definition) is 3. The minimum atomic E-state index is -0.417. The molecule has 0 amide bonds. The maximum absolute atomic E-state index is 13.5. The Morgan fingerprint density at radius 3 is 2.79 bits per heavy atom. The zero-order valence-corrected chi connectivity index (χ0v) is 11.7. The van der Waals surface area contributed by atoms with Crippen LogP contribution in [-0.4, -0.2) is 13.2 Å². The largest absolute Gasteiger partial charge is 0.494 e. The lowest BCUT2D eigenvalue weighted by atomic mass is 10.0. The summed E-state index contributed by atoms with van der Waals surface area (Å²) in [5, 5.41) is 3.44. The summed E-state index contributed by atoms with van der Waals surface area (Å²) >= 11 is 0. The number of benzene rings is 1. The maximum atomic E-state index is 13.5. The van der Waals surface area contributed by atoms with Crippen LogP contribution in [0, 0.1) is 11.7 Å². The topological polar surface area (TPSA) is 47.3 Å². The highest BCUT2D eigenvalue weighted by molar-refractivity contribution is 5.69. The van der Waals surface area contributed by atoms with Crippen LogP contribution in [0.2, 0.25) is 0 Å². The number of nitrogen functional groups attached to an aromatic ring is 1. The lowest BCUT2D eigenvalue weighted by molar-refractivity contribution is 0.387.